The van der Waals surface area contributed by atoms with Crippen molar-refractivity contribution >= 4 is 9.84 Å². The SMILES string of the molecule is N#CCS(=O)(=O)CC1CC1. The molecule has 0 bridgehead atoms. The molecule has 10 heavy (non-hydrogen) atoms. The van der Waals surface area contributed by atoms with Crippen LogP contribution in [-0.2, 0) is 9.84 Å². The van der Waals surface area contributed by atoms with Gasteiger partial charge in [0.05, 0.1) is 11.8 Å². The van der Waals surface area contributed by atoms with Crippen molar-refractivity contribution in [3.63, 3.8) is 0 Å². The number of hydrogen-bond acceptors (Lipinski definition) is 3. The molecule has 0 unspecified atom stereocenters. The average Bonchev–Trinajstić information content (AvgIpc) is 2.48. The van der Waals surface area contributed by atoms with Crippen molar-refractivity contribution in [1.29, 1.82) is 5.26 Å². The normalized spacial score (nSPS) is 18.3. The molecule has 1 rings (SSSR count). The fraction of sp³-hybridized carbons (Fsp3) is 0.833. The molecule has 0 atom stereocenters. The van der Waals surface area contributed by atoms with Crippen LogP contribution in [0, 0.1) is 17.2 Å². The highest BCUT2D eigenvalue weighted by atomic mass is 32.2. The Labute approximate surface area is 60.6 Å². The molecule has 0 aromatic carbocycles. The maximum atomic E-state index is 10.9. The Balaban J connectivity index is 2.43. The fourth-order valence-electron chi connectivity index (χ4n) is 0.801. The molecule has 1 aliphatic rings. The molecule has 0 N–H and O–H groups in total. The van der Waals surface area contributed by atoms with Gasteiger partial charge < -0.3 is 0 Å². The van der Waals surface area contributed by atoms with Crippen LogP contribution in [-0.4, -0.2) is 19.9 Å². The third kappa shape index (κ3) is 2.36. The van der Waals surface area contributed by atoms with E-state index < -0.39 is 9.84 Å². The highest BCUT2D eigenvalue weighted by Crippen LogP contribution is 2.30. The Hall–Kier alpha value is -0.560. The largest absolute Gasteiger partial charge is 0.228 e. The van der Waals surface area contributed by atoms with Gasteiger partial charge in [0.25, 0.3) is 0 Å². The van der Waals surface area contributed by atoms with Gasteiger partial charge in [-0.3, -0.25) is 0 Å². The Bertz CT molecular complexity index is 245. The molecule has 56 valence electrons. The van der Waals surface area contributed by atoms with Gasteiger partial charge >= 0.3 is 0 Å². The van der Waals surface area contributed by atoms with Crippen molar-refractivity contribution in [2.75, 3.05) is 11.5 Å². The second kappa shape index (κ2) is 2.59. The first kappa shape index (κ1) is 7.55. The second-order valence-corrected chi connectivity index (χ2v) is 4.77. The highest BCUT2D eigenvalue weighted by Gasteiger charge is 2.27. The van der Waals surface area contributed by atoms with Crippen LogP contribution in [0.1, 0.15) is 12.8 Å². The number of nitrogens with zero attached hydrogens (tertiary/aromatic N) is 1. The van der Waals surface area contributed by atoms with Gasteiger partial charge in [-0.15, -0.1) is 0 Å². The van der Waals surface area contributed by atoms with E-state index in [1.807, 2.05) is 0 Å². The predicted octanol–water partition coefficient (Wildman–Crippen LogP) is 0.335. The standard InChI is InChI=1S/C6H9NO2S/c7-3-4-10(8,9)5-6-1-2-6/h6H,1-2,4-5H2. The van der Waals surface area contributed by atoms with Gasteiger partial charge in [0, 0.05) is 0 Å². The van der Waals surface area contributed by atoms with Crippen molar-refractivity contribution in [3.8, 4) is 6.07 Å². The minimum Gasteiger partial charge on any atom is -0.228 e. The highest BCUT2D eigenvalue weighted by molar-refractivity contribution is 7.91. The number of sulfone groups is 1. The fourth-order valence-corrected chi connectivity index (χ4v) is 2.17. The third-order valence-corrected chi connectivity index (χ3v) is 3.02. The van der Waals surface area contributed by atoms with E-state index in [2.05, 4.69) is 0 Å². The van der Waals surface area contributed by atoms with E-state index in [9.17, 15) is 8.42 Å². The van der Waals surface area contributed by atoms with E-state index in [1.165, 1.54) is 0 Å². The van der Waals surface area contributed by atoms with Crippen LogP contribution in [0.4, 0.5) is 0 Å². The van der Waals surface area contributed by atoms with E-state index in [0.29, 0.717) is 5.92 Å². The van der Waals surface area contributed by atoms with Gasteiger partial charge in [0.1, 0.15) is 5.75 Å². The molecule has 1 aliphatic carbocycles. The quantitative estimate of drug-likeness (QED) is 0.596. The van der Waals surface area contributed by atoms with Crippen LogP contribution in [0.3, 0.4) is 0 Å². The second-order valence-electron chi connectivity index (χ2n) is 2.66. The third-order valence-electron chi connectivity index (χ3n) is 1.47. The van der Waals surface area contributed by atoms with E-state index in [-0.39, 0.29) is 11.5 Å². The predicted molar refractivity (Wildman–Crippen MR) is 37.0 cm³/mol. The molecule has 0 amide bonds. The zero-order valence-electron chi connectivity index (χ0n) is 5.58. The van der Waals surface area contributed by atoms with Gasteiger partial charge in [-0.1, -0.05) is 0 Å². The van der Waals surface area contributed by atoms with Crippen LogP contribution in [0.2, 0.25) is 0 Å². The number of hydrogen-bond donors (Lipinski definition) is 0. The molecule has 0 aromatic heterocycles. The molecule has 0 radical (unpaired) electrons. The summed E-state index contributed by atoms with van der Waals surface area (Å²) >= 11 is 0. The molecule has 0 aromatic rings. The van der Waals surface area contributed by atoms with Crippen LogP contribution in [0.15, 0.2) is 0 Å². The van der Waals surface area contributed by atoms with Gasteiger partial charge in [0.2, 0.25) is 0 Å². The van der Waals surface area contributed by atoms with E-state index in [0.717, 1.165) is 12.8 Å². The van der Waals surface area contributed by atoms with Crippen molar-refractivity contribution in [3.05, 3.63) is 0 Å². The summed E-state index contributed by atoms with van der Waals surface area (Å²) in [6.07, 6.45) is 2.04. The van der Waals surface area contributed by atoms with Gasteiger partial charge in [-0.2, -0.15) is 5.26 Å². The Morgan fingerprint density at radius 1 is 1.50 bits per heavy atom. The summed E-state index contributed by atoms with van der Waals surface area (Å²) in [7, 11) is -3.03. The lowest BCUT2D eigenvalue weighted by Crippen LogP contribution is -2.10. The Morgan fingerprint density at radius 3 is 2.50 bits per heavy atom. The number of nitriles is 1. The first-order chi connectivity index (χ1) is 4.64. The van der Waals surface area contributed by atoms with E-state index in [1.54, 1.807) is 6.07 Å². The molecule has 1 saturated carbocycles. The van der Waals surface area contributed by atoms with E-state index in [4.69, 9.17) is 5.26 Å². The summed E-state index contributed by atoms with van der Waals surface area (Å²) in [6.45, 7) is 0. The molecule has 0 spiro atoms. The molecular formula is C6H9NO2S. The molecule has 3 nitrogen and oxygen atoms in total. The smallest absolute Gasteiger partial charge is 0.163 e. The molecule has 0 heterocycles. The first-order valence-electron chi connectivity index (χ1n) is 3.21. The van der Waals surface area contributed by atoms with Gasteiger partial charge in [-0.05, 0) is 18.8 Å². The summed E-state index contributed by atoms with van der Waals surface area (Å²) in [4.78, 5) is 0. The van der Waals surface area contributed by atoms with Crippen LogP contribution in [0.5, 0.6) is 0 Å². The van der Waals surface area contributed by atoms with Crippen molar-refractivity contribution in [2.24, 2.45) is 5.92 Å². The molecular weight excluding hydrogens is 150 g/mol. The number of rotatable bonds is 3. The maximum absolute atomic E-state index is 10.9. The molecule has 1 fully saturated rings. The molecule has 0 saturated heterocycles. The van der Waals surface area contributed by atoms with Gasteiger partial charge in [0.15, 0.2) is 9.84 Å². The molecule has 0 aliphatic heterocycles. The zero-order valence-corrected chi connectivity index (χ0v) is 6.39. The topological polar surface area (TPSA) is 57.9 Å². The average molecular weight is 159 g/mol. The summed E-state index contributed by atoms with van der Waals surface area (Å²) in [5.41, 5.74) is 0. The maximum Gasteiger partial charge on any atom is 0.163 e. The summed E-state index contributed by atoms with van der Waals surface area (Å²) in [5, 5.41) is 8.11. The van der Waals surface area contributed by atoms with Crippen LogP contribution < -0.4 is 0 Å². The summed E-state index contributed by atoms with van der Waals surface area (Å²) in [6, 6.07) is 1.65. The minimum atomic E-state index is -3.03. The van der Waals surface area contributed by atoms with Gasteiger partial charge in [-0.25, -0.2) is 8.42 Å². The zero-order chi connectivity index (χ0) is 7.61. The Morgan fingerprint density at radius 2 is 2.10 bits per heavy atom. The summed E-state index contributed by atoms with van der Waals surface area (Å²) < 4.78 is 21.7. The lowest BCUT2D eigenvalue weighted by molar-refractivity contribution is 0.595. The Kier molecular flexibility index (Phi) is 1.95. The van der Waals surface area contributed by atoms with Crippen molar-refractivity contribution in [1.82, 2.24) is 0 Å². The van der Waals surface area contributed by atoms with E-state index >= 15 is 0 Å². The summed E-state index contributed by atoms with van der Waals surface area (Å²) in [5.74, 6) is 0.266. The lowest BCUT2D eigenvalue weighted by Gasteiger charge is -1.93. The monoisotopic (exact) mass is 159 g/mol. The first-order valence-corrected chi connectivity index (χ1v) is 5.03. The van der Waals surface area contributed by atoms with Crippen LogP contribution in [0.25, 0.3) is 0 Å². The van der Waals surface area contributed by atoms with Crippen LogP contribution >= 0.6 is 0 Å². The van der Waals surface area contributed by atoms with Crippen molar-refractivity contribution in [2.45, 2.75) is 12.8 Å². The minimum absolute atomic E-state index is 0.223. The van der Waals surface area contributed by atoms with Crippen molar-refractivity contribution < 1.29 is 8.42 Å². The lowest BCUT2D eigenvalue weighted by atomic mass is 10.5. The molecule has 4 heteroatoms.